The highest BCUT2D eigenvalue weighted by Gasteiger charge is 1.97. The predicted octanol–water partition coefficient (Wildman–Crippen LogP) is 2.78. The molecule has 1 N–H and O–H groups in total. The predicted molar refractivity (Wildman–Crippen MR) is 68.7 cm³/mol. The van der Waals surface area contributed by atoms with Gasteiger partial charge in [-0.05, 0) is 31.0 Å². The summed E-state index contributed by atoms with van der Waals surface area (Å²) in [5.74, 6) is 0. The van der Waals surface area contributed by atoms with E-state index in [0.717, 1.165) is 25.2 Å². The highest BCUT2D eigenvalue weighted by Crippen LogP contribution is 2.07. The van der Waals surface area contributed by atoms with Crippen molar-refractivity contribution in [3.63, 3.8) is 0 Å². The van der Waals surface area contributed by atoms with Crippen LogP contribution in [0.1, 0.15) is 16.8 Å². The average molecular weight is 232 g/mol. The Kier molecular flexibility index (Phi) is 4.08. The van der Waals surface area contributed by atoms with Crippen molar-refractivity contribution < 1.29 is 0 Å². The van der Waals surface area contributed by atoms with E-state index < -0.39 is 0 Å². The Bertz CT molecular complexity index is 423. The monoisotopic (exact) mass is 232 g/mol. The van der Waals surface area contributed by atoms with Crippen molar-refractivity contribution in [2.24, 2.45) is 0 Å². The second kappa shape index (κ2) is 5.77. The van der Waals surface area contributed by atoms with Crippen molar-refractivity contribution in [3.8, 4) is 0 Å². The van der Waals surface area contributed by atoms with Crippen LogP contribution in [-0.4, -0.2) is 11.5 Å². The van der Waals surface area contributed by atoms with Gasteiger partial charge < -0.3 is 5.32 Å². The molecule has 0 unspecified atom stereocenters. The molecule has 0 bridgehead atoms. The lowest BCUT2D eigenvalue weighted by Gasteiger charge is -2.06. The van der Waals surface area contributed by atoms with Crippen LogP contribution in [0, 0.1) is 6.92 Å². The summed E-state index contributed by atoms with van der Waals surface area (Å²) in [6.45, 7) is 4.04. The zero-order valence-corrected chi connectivity index (χ0v) is 10.3. The fourth-order valence-corrected chi connectivity index (χ4v) is 2.21. The van der Waals surface area contributed by atoms with Crippen LogP contribution in [0.4, 0.5) is 0 Å². The van der Waals surface area contributed by atoms with Gasteiger partial charge in [0.2, 0.25) is 0 Å². The van der Waals surface area contributed by atoms with E-state index in [9.17, 15) is 0 Å². The van der Waals surface area contributed by atoms with Gasteiger partial charge in [-0.3, -0.25) is 0 Å². The zero-order chi connectivity index (χ0) is 11.2. The summed E-state index contributed by atoms with van der Waals surface area (Å²) >= 11 is 1.65. The van der Waals surface area contributed by atoms with Crippen LogP contribution in [-0.2, 0) is 13.0 Å². The Morgan fingerprint density at radius 2 is 2.19 bits per heavy atom. The molecule has 2 aromatic rings. The minimum absolute atomic E-state index is 0.870. The molecule has 16 heavy (non-hydrogen) atoms. The van der Waals surface area contributed by atoms with E-state index in [0.29, 0.717) is 0 Å². The number of rotatable bonds is 5. The molecule has 0 atom stereocenters. The highest BCUT2D eigenvalue weighted by molar-refractivity contribution is 7.07. The first kappa shape index (κ1) is 11.3. The Balaban J connectivity index is 1.74. The van der Waals surface area contributed by atoms with Gasteiger partial charge in [0.05, 0.1) is 11.2 Å². The highest BCUT2D eigenvalue weighted by atomic mass is 32.1. The SMILES string of the molecule is Cc1ccccc1CCNCc1cscn1. The molecule has 0 aliphatic heterocycles. The van der Waals surface area contributed by atoms with Gasteiger partial charge in [-0.2, -0.15) is 0 Å². The zero-order valence-electron chi connectivity index (χ0n) is 9.44. The number of thiazole rings is 1. The van der Waals surface area contributed by atoms with Crippen LogP contribution in [0.5, 0.6) is 0 Å². The topological polar surface area (TPSA) is 24.9 Å². The molecular weight excluding hydrogens is 216 g/mol. The van der Waals surface area contributed by atoms with Gasteiger partial charge in [0.15, 0.2) is 0 Å². The molecule has 0 saturated carbocycles. The molecule has 1 aromatic carbocycles. The summed E-state index contributed by atoms with van der Waals surface area (Å²) < 4.78 is 0. The second-order valence-corrected chi connectivity index (χ2v) is 4.55. The summed E-state index contributed by atoms with van der Waals surface area (Å²) in [4.78, 5) is 4.23. The van der Waals surface area contributed by atoms with Crippen molar-refractivity contribution in [2.45, 2.75) is 19.9 Å². The van der Waals surface area contributed by atoms with Crippen molar-refractivity contribution >= 4 is 11.3 Å². The molecule has 2 rings (SSSR count). The summed E-state index contributed by atoms with van der Waals surface area (Å²) in [5.41, 5.74) is 5.80. The maximum atomic E-state index is 4.23. The van der Waals surface area contributed by atoms with Gasteiger partial charge in [-0.15, -0.1) is 11.3 Å². The molecule has 1 heterocycles. The smallest absolute Gasteiger partial charge is 0.0795 e. The van der Waals surface area contributed by atoms with Crippen LogP contribution < -0.4 is 5.32 Å². The minimum Gasteiger partial charge on any atom is -0.311 e. The summed E-state index contributed by atoms with van der Waals surface area (Å²) in [6.07, 6.45) is 1.08. The summed E-state index contributed by atoms with van der Waals surface area (Å²) in [6, 6.07) is 8.54. The molecule has 0 amide bonds. The molecule has 0 radical (unpaired) electrons. The van der Waals surface area contributed by atoms with Crippen LogP contribution in [0.2, 0.25) is 0 Å². The molecule has 0 spiro atoms. The molecule has 0 aliphatic carbocycles. The van der Waals surface area contributed by atoms with Gasteiger partial charge in [-0.1, -0.05) is 24.3 Å². The van der Waals surface area contributed by atoms with Crippen LogP contribution in [0.25, 0.3) is 0 Å². The Morgan fingerprint density at radius 3 is 2.94 bits per heavy atom. The lowest BCUT2D eigenvalue weighted by atomic mass is 10.1. The molecule has 0 fully saturated rings. The van der Waals surface area contributed by atoms with Gasteiger partial charge in [-0.25, -0.2) is 4.98 Å². The molecule has 2 nitrogen and oxygen atoms in total. The molecule has 3 heteroatoms. The number of hydrogen-bond acceptors (Lipinski definition) is 3. The average Bonchev–Trinajstić information content (AvgIpc) is 2.79. The Hall–Kier alpha value is -1.19. The normalized spacial score (nSPS) is 10.6. The van der Waals surface area contributed by atoms with Crippen LogP contribution in [0.3, 0.4) is 0 Å². The maximum absolute atomic E-state index is 4.23. The van der Waals surface area contributed by atoms with Crippen LogP contribution in [0.15, 0.2) is 35.2 Å². The van der Waals surface area contributed by atoms with E-state index in [2.05, 4.69) is 46.9 Å². The van der Waals surface area contributed by atoms with Gasteiger partial charge in [0, 0.05) is 11.9 Å². The first-order valence-electron chi connectivity index (χ1n) is 5.48. The largest absolute Gasteiger partial charge is 0.311 e. The van der Waals surface area contributed by atoms with Crippen molar-refractivity contribution in [1.82, 2.24) is 10.3 Å². The van der Waals surface area contributed by atoms with E-state index in [1.54, 1.807) is 11.3 Å². The van der Waals surface area contributed by atoms with Crippen molar-refractivity contribution in [3.05, 3.63) is 52.0 Å². The second-order valence-electron chi connectivity index (χ2n) is 3.83. The van der Waals surface area contributed by atoms with E-state index in [1.807, 2.05) is 5.51 Å². The fraction of sp³-hybridized carbons (Fsp3) is 0.308. The fourth-order valence-electron chi connectivity index (χ4n) is 1.65. The Morgan fingerprint density at radius 1 is 1.31 bits per heavy atom. The third-order valence-electron chi connectivity index (χ3n) is 2.62. The standard InChI is InChI=1S/C13H16N2S/c1-11-4-2-3-5-12(11)6-7-14-8-13-9-16-10-15-13/h2-5,9-10,14H,6-8H2,1H3. The lowest BCUT2D eigenvalue weighted by molar-refractivity contribution is 0.676. The van der Waals surface area contributed by atoms with Crippen molar-refractivity contribution in [1.29, 1.82) is 0 Å². The van der Waals surface area contributed by atoms with Crippen LogP contribution >= 0.6 is 11.3 Å². The third-order valence-corrected chi connectivity index (χ3v) is 3.26. The Labute approximate surface area is 100 Å². The first-order chi connectivity index (χ1) is 7.86. The van der Waals surface area contributed by atoms with E-state index in [-0.39, 0.29) is 0 Å². The number of hydrogen-bond donors (Lipinski definition) is 1. The van der Waals surface area contributed by atoms with E-state index >= 15 is 0 Å². The first-order valence-corrected chi connectivity index (χ1v) is 6.43. The third kappa shape index (κ3) is 3.15. The summed E-state index contributed by atoms with van der Waals surface area (Å²) in [5, 5.41) is 5.49. The van der Waals surface area contributed by atoms with Gasteiger partial charge >= 0.3 is 0 Å². The quantitative estimate of drug-likeness (QED) is 0.802. The number of aryl methyl sites for hydroxylation is 1. The van der Waals surface area contributed by atoms with Crippen molar-refractivity contribution in [2.75, 3.05) is 6.54 Å². The van der Waals surface area contributed by atoms with E-state index in [4.69, 9.17) is 0 Å². The summed E-state index contributed by atoms with van der Waals surface area (Å²) in [7, 11) is 0. The number of benzene rings is 1. The van der Waals surface area contributed by atoms with Gasteiger partial charge in [0.1, 0.15) is 0 Å². The maximum Gasteiger partial charge on any atom is 0.0795 e. The van der Waals surface area contributed by atoms with E-state index in [1.165, 1.54) is 11.1 Å². The lowest BCUT2D eigenvalue weighted by Crippen LogP contribution is -2.17. The number of nitrogens with zero attached hydrogens (tertiary/aromatic N) is 1. The molecule has 0 aliphatic rings. The molecule has 0 saturated heterocycles. The molecule has 84 valence electrons. The molecule has 1 aromatic heterocycles. The number of nitrogens with one attached hydrogen (secondary N) is 1. The van der Waals surface area contributed by atoms with Gasteiger partial charge in [0.25, 0.3) is 0 Å². The number of aromatic nitrogens is 1. The minimum atomic E-state index is 0.870. The molecular formula is C13H16N2S.